The third-order valence-electron chi connectivity index (χ3n) is 4.04. The lowest BCUT2D eigenvalue weighted by Crippen LogP contribution is -2.42. The second-order valence-electron chi connectivity index (χ2n) is 5.61. The molecule has 24 heavy (non-hydrogen) atoms. The van der Waals surface area contributed by atoms with E-state index in [-0.39, 0.29) is 17.6 Å². The topological polar surface area (TPSA) is 88.6 Å². The summed E-state index contributed by atoms with van der Waals surface area (Å²) in [6.45, 7) is 1.23. The highest BCUT2D eigenvalue weighted by atomic mass is 35.5. The number of halogens is 1. The molecule has 0 bridgehead atoms. The maximum Gasteiger partial charge on any atom is 0.289 e. The Hall–Kier alpha value is -2.54. The zero-order chi connectivity index (χ0) is 17.1. The van der Waals surface area contributed by atoms with Gasteiger partial charge in [0.15, 0.2) is 5.76 Å². The van der Waals surface area contributed by atoms with E-state index in [2.05, 4.69) is 5.32 Å². The van der Waals surface area contributed by atoms with E-state index in [1.165, 1.54) is 18.4 Å². The van der Waals surface area contributed by atoms with Crippen LogP contribution in [0.1, 0.15) is 23.4 Å². The Bertz CT molecular complexity index is 740. The Morgan fingerprint density at radius 3 is 2.67 bits per heavy atom. The van der Waals surface area contributed by atoms with Gasteiger partial charge in [0.2, 0.25) is 0 Å². The smallest absolute Gasteiger partial charge is 0.289 e. The van der Waals surface area contributed by atoms with Gasteiger partial charge in [-0.2, -0.15) is 0 Å². The second-order valence-corrected chi connectivity index (χ2v) is 6.02. The maximum absolute atomic E-state index is 12.2. The Labute approximate surface area is 143 Å². The number of carbonyl (C=O) groups excluding carboxylic acids is 1. The standard InChI is InChI=1S/C16H16ClN3O4/c17-13-10-12(20(22)23)3-4-14(13)18-11-5-7-19(8-6-11)16(21)15-2-1-9-24-15/h1-4,9-11,18H,5-8H2. The van der Waals surface area contributed by atoms with Gasteiger partial charge < -0.3 is 14.6 Å². The van der Waals surface area contributed by atoms with Crippen LogP contribution in [-0.4, -0.2) is 34.9 Å². The first-order valence-corrected chi connectivity index (χ1v) is 7.95. The van der Waals surface area contributed by atoms with Crippen molar-refractivity contribution in [1.82, 2.24) is 4.90 Å². The fourth-order valence-electron chi connectivity index (χ4n) is 2.74. The first-order chi connectivity index (χ1) is 11.5. The van der Waals surface area contributed by atoms with Crippen molar-refractivity contribution >= 4 is 28.9 Å². The van der Waals surface area contributed by atoms with Crippen LogP contribution in [0, 0.1) is 10.1 Å². The van der Waals surface area contributed by atoms with Crippen molar-refractivity contribution in [2.24, 2.45) is 0 Å². The minimum atomic E-state index is -0.478. The summed E-state index contributed by atoms with van der Waals surface area (Å²) in [4.78, 5) is 24.2. The number of non-ortho nitro benzene ring substituents is 1. The fraction of sp³-hybridized carbons (Fsp3) is 0.312. The number of amides is 1. The fourth-order valence-corrected chi connectivity index (χ4v) is 2.97. The van der Waals surface area contributed by atoms with E-state index in [0.29, 0.717) is 29.6 Å². The molecule has 3 rings (SSSR count). The van der Waals surface area contributed by atoms with Crippen molar-refractivity contribution in [2.75, 3.05) is 18.4 Å². The van der Waals surface area contributed by atoms with Crippen LogP contribution in [0.2, 0.25) is 5.02 Å². The lowest BCUT2D eigenvalue weighted by molar-refractivity contribution is -0.384. The Kier molecular flexibility index (Phi) is 4.71. The lowest BCUT2D eigenvalue weighted by atomic mass is 10.0. The summed E-state index contributed by atoms with van der Waals surface area (Å²) in [6, 6.07) is 7.87. The molecule has 2 aromatic rings. The van der Waals surface area contributed by atoms with Gasteiger partial charge >= 0.3 is 0 Å². The molecule has 0 aliphatic carbocycles. The van der Waals surface area contributed by atoms with Gasteiger partial charge in [-0.1, -0.05) is 11.6 Å². The quantitative estimate of drug-likeness (QED) is 0.673. The molecular formula is C16H16ClN3O4. The van der Waals surface area contributed by atoms with E-state index in [1.807, 2.05) is 0 Å². The Balaban J connectivity index is 1.58. The van der Waals surface area contributed by atoms with Gasteiger partial charge in [0.05, 0.1) is 21.9 Å². The van der Waals surface area contributed by atoms with Crippen molar-refractivity contribution in [3.8, 4) is 0 Å². The van der Waals surface area contributed by atoms with Gasteiger partial charge in [0, 0.05) is 31.3 Å². The van der Waals surface area contributed by atoms with Crippen molar-refractivity contribution < 1.29 is 14.1 Å². The summed E-state index contributed by atoms with van der Waals surface area (Å²) >= 11 is 6.10. The molecule has 1 aromatic heterocycles. The summed E-state index contributed by atoms with van der Waals surface area (Å²) < 4.78 is 5.14. The first kappa shape index (κ1) is 16.3. The lowest BCUT2D eigenvalue weighted by Gasteiger charge is -2.32. The molecule has 1 fully saturated rings. The second kappa shape index (κ2) is 6.92. The molecule has 1 aliphatic heterocycles. The maximum atomic E-state index is 12.2. The van der Waals surface area contributed by atoms with Gasteiger partial charge in [0.1, 0.15) is 0 Å². The predicted octanol–water partition coefficient (Wildman–Crippen LogP) is 3.56. The van der Waals surface area contributed by atoms with Crippen LogP contribution >= 0.6 is 11.6 Å². The molecule has 0 unspecified atom stereocenters. The molecule has 7 nitrogen and oxygen atoms in total. The van der Waals surface area contributed by atoms with Crippen molar-refractivity contribution in [3.05, 3.63) is 57.5 Å². The molecule has 126 valence electrons. The van der Waals surface area contributed by atoms with Crippen molar-refractivity contribution in [3.63, 3.8) is 0 Å². The summed E-state index contributed by atoms with van der Waals surface area (Å²) in [6.07, 6.45) is 3.01. The van der Waals surface area contributed by atoms with E-state index >= 15 is 0 Å². The van der Waals surface area contributed by atoms with Crippen molar-refractivity contribution in [2.45, 2.75) is 18.9 Å². The number of anilines is 1. The first-order valence-electron chi connectivity index (χ1n) is 7.58. The molecule has 0 radical (unpaired) electrons. The third kappa shape index (κ3) is 3.51. The van der Waals surface area contributed by atoms with E-state index < -0.39 is 4.92 Å². The molecule has 0 saturated carbocycles. The molecule has 0 atom stereocenters. The van der Waals surface area contributed by atoms with Crippen LogP contribution in [0.5, 0.6) is 0 Å². The zero-order valence-corrected chi connectivity index (χ0v) is 13.5. The number of benzene rings is 1. The van der Waals surface area contributed by atoms with Gasteiger partial charge in [-0.05, 0) is 31.0 Å². The number of carbonyl (C=O) groups is 1. The molecular weight excluding hydrogens is 334 g/mol. The highest BCUT2D eigenvalue weighted by molar-refractivity contribution is 6.33. The molecule has 0 spiro atoms. The minimum Gasteiger partial charge on any atom is -0.459 e. The van der Waals surface area contributed by atoms with Gasteiger partial charge in [-0.15, -0.1) is 0 Å². The largest absolute Gasteiger partial charge is 0.459 e. The van der Waals surface area contributed by atoms with E-state index in [9.17, 15) is 14.9 Å². The van der Waals surface area contributed by atoms with Gasteiger partial charge in [-0.25, -0.2) is 0 Å². The van der Waals surface area contributed by atoms with Crippen LogP contribution in [0.4, 0.5) is 11.4 Å². The van der Waals surface area contributed by atoms with E-state index in [4.69, 9.17) is 16.0 Å². The molecule has 1 aliphatic rings. The molecule has 8 heteroatoms. The number of nitrogens with one attached hydrogen (secondary N) is 1. The number of rotatable bonds is 4. The monoisotopic (exact) mass is 349 g/mol. The van der Waals surface area contributed by atoms with Crippen molar-refractivity contribution in [1.29, 1.82) is 0 Å². The number of nitrogens with zero attached hydrogens (tertiary/aromatic N) is 2. The SMILES string of the molecule is O=C(c1ccco1)N1CCC(Nc2ccc([N+](=O)[O-])cc2Cl)CC1. The highest BCUT2D eigenvalue weighted by Crippen LogP contribution is 2.28. The highest BCUT2D eigenvalue weighted by Gasteiger charge is 2.25. The van der Waals surface area contributed by atoms with Crippen LogP contribution in [0.3, 0.4) is 0 Å². The zero-order valence-electron chi connectivity index (χ0n) is 12.8. The van der Waals surface area contributed by atoms with Gasteiger partial charge in [0.25, 0.3) is 11.6 Å². The normalized spacial score (nSPS) is 15.3. The Morgan fingerprint density at radius 1 is 1.33 bits per heavy atom. The summed E-state index contributed by atoms with van der Waals surface area (Å²) in [7, 11) is 0. The average molecular weight is 350 g/mol. The number of piperidine rings is 1. The minimum absolute atomic E-state index is 0.0376. The molecule has 1 N–H and O–H groups in total. The average Bonchev–Trinajstić information content (AvgIpc) is 3.11. The van der Waals surface area contributed by atoms with Crippen LogP contribution in [-0.2, 0) is 0 Å². The molecule has 1 amide bonds. The predicted molar refractivity (Wildman–Crippen MR) is 89.4 cm³/mol. The number of nitro benzene ring substituents is 1. The Morgan fingerprint density at radius 2 is 2.08 bits per heavy atom. The number of hydrogen-bond acceptors (Lipinski definition) is 5. The van der Waals surface area contributed by atoms with Gasteiger partial charge in [-0.3, -0.25) is 14.9 Å². The van der Waals surface area contributed by atoms with Crippen LogP contribution in [0.15, 0.2) is 41.0 Å². The number of hydrogen-bond donors (Lipinski definition) is 1. The van der Waals surface area contributed by atoms with Crippen LogP contribution in [0.25, 0.3) is 0 Å². The van der Waals surface area contributed by atoms with E-state index in [1.54, 1.807) is 23.1 Å². The number of likely N-dealkylation sites (tertiary alicyclic amines) is 1. The number of furan rings is 1. The summed E-state index contributed by atoms with van der Waals surface area (Å²) in [5.41, 5.74) is 0.627. The third-order valence-corrected chi connectivity index (χ3v) is 4.35. The molecule has 1 saturated heterocycles. The van der Waals surface area contributed by atoms with E-state index in [0.717, 1.165) is 12.8 Å². The summed E-state index contributed by atoms with van der Waals surface area (Å²) in [5, 5.41) is 14.3. The molecule has 2 heterocycles. The number of nitro groups is 1. The summed E-state index contributed by atoms with van der Waals surface area (Å²) in [5.74, 6) is 0.242. The van der Waals surface area contributed by atoms with Crippen LogP contribution < -0.4 is 5.32 Å². The molecule has 1 aromatic carbocycles.